The van der Waals surface area contributed by atoms with Gasteiger partial charge in [-0.05, 0) is 19.1 Å². The van der Waals surface area contributed by atoms with E-state index in [1.807, 2.05) is 14.0 Å². The van der Waals surface area contributed by atoms with Crippen LogP contribution in [0.2, 0.25) is 0 Å². The van der Waals surface area contributed by atoms with Crippen LogP contribution in [0.4, 0.5) is 0 Å². The standard InChI is InChI=1S/C9H13N5OS/c1-6-7(3-10-13(6)2)4-14-8(5-15)11-12-9(14)16/h3,15H,4-5H2,1-2H3,(H,12,16). The van der Waals surface area contributed by atoms with Crippen molar-refractivity contribution in [2.45, 2.75) is 20.1 Å². The van der Waals surface area contributed by atoms with Crippen LogP contribution >= 0.6 is 12.2 Å². The largest absolute Gasteiger partial charge is 0.388 e. The molecule has 0 aliphatic heterocycles. The fourth-order valence-corrected chi connectivity index (χ4v) is 1.72. The molecule has 0 atom stereocenters. The Bertz CT molecular complexity index is 552. The van der Waals surface area contributed by atoms with E-state index < -0.39 is 0 Å². The fourth-order valence-electron chi connectivity index (χ4n) is 1.50. The van der Waals surface area contributed by atoms with E-state index in [-0.39, 0.29) is 6.61 Å². The van der Waals surface area contributed by atoms with Gasteiger partial charge in [-0.1, -0.05) is 0 Å². The van der Waals surface area contributed by atoms with Crippen LogP contribution in [0, 0.1) is 11.7 Å². The van der Waals surface area contributed by atoms with Crippen molar-refractivity contribution in [2.75, 3.05) is 0 Å². The molecule has 0 saturated carbocycles. The molecule has 7 heteroatoms. The summed E-state index contributed by atoms with van der Waals surface area (Å²) in [5, 5.41) is 19.9. The molecular formula is C9H13N5OS. The van der Waals surface area contributed by atoms with E-state index in [1.54, 1.807) is 15.4 Å². The zero-order chi connectivity index (χ0) is 11.7. The quantitative estimate of drug-likeness (QED) is 0.766. The number of aromatic nitrogens is 5. The molecule has 0 fully saturated rings. The maximum absolute atomic E-state index is 9.11. The number of rotatable bonds is 3. The van der Waals surface area contributed by atoms with Crippen molar-refractivity contribution in [1.29, 1.82) is 0 Å². The molecule has 0 aliphatic rings. The number of aliphatic hydroxyl groups excluding tert-OH is 1. The van der Waals surface area contributed by atoms with Crippen molar-refractivity contribution in [2.24, 2.45) is 7.05 Å². The lowest BCUT2D eigenvalue weighted by Crippen LogP contribution is -2.06. The van der Waals surface area contributed by atoms with Crippen molar-refractivity contribution < 1.29 is 5.11 Å². The van der Waals surface area contributed by atoms with Gasteiger partial charge in [0.1, 0.15) is 6.61 Å². The monoisotopic (exact) mass is 239 g/mol. The SMILES string of the molecule is Cc1c(Cn2c(CO)n[nH]c2=S)cnn1C. The normalized spacial score (nSPS) is 10.9. The molecule has 2 N–H and O–H groups in total. The lowest BCUT2D eigenvalue weighted by molar-refractivity contribution is 0.265. The Labute approximate surface area is 97.5 Å². The number of aromatic amines is 1. The maximum atomic E-state index is 9.11. The van der Waals surface area contributed by atoms with Crippen LogP contribution in [0.15, 0.2) is 6.20 Å². The number of nitrogens with zero attached hydrogens (tertiary/aromatic N) is 4. The minimum Gasteiger partial charge on any atom is -0.388 e. The molecule has 2 rings (SSSR count). The maximum Gasteiger partial charge on any atom is 0.195 e. The van der Waals surface area contributed by atoms with Gasteiger partial charge in [-0.3, -0.25) is 14.3 Å². The summed E-state index contributed by atoms with van der Waals surface area (Å²) in [6, 6.07) is 0. The summed E-state index contributed by atoms with van der Waals surface area (Å²) < 4.78 is 4.07. The molecule has 0 aromatic carbocycles. The molecule has 0 spiro atoms. The first-order valence-electron chi connectivity index (χ1n) is 4.86. The second kappa shape index (κ2) is 4.18. The summed E-state index contributed by atoms with van der Waals surface area (Å²) in [5.74, 6) is 0.535. The van der Waals surface area contributed by atoms with Crippen molar-refractivity contribution >= 4 is 12.2 Å². The summed E-state index contributed by atoms with van der Waals surface area (Å²) in [4.78, 5) is 0. The first-order valence-corrected chi connectivity index (χ1v) is 5.26. The summed E-state index contributed by atoms with van der Waals surface area (Å²) in [6.45, 7) is 2.43. The lowest BCUT2D eigenvalue weighted by Gasteiger charge is -2.04. The van der Waals surface area contributed by atoms with Crippen molar-refractivity contribution in [3.63, 3.8) is 0 Å². The third kappa shape index (κ3) is 1.79. The van der Waals surface area contributed by atoms with E-state index in [9.17, 15) is 0 Å². The lowest BCUT2D eigenvalue weighted by atomic mass is 10.2. The molecule has 0 amide bonds. The molecule has 0 bridgehead atoms. The Morgan fingerprint density at radius 1 is 1.56 bits per heavy atom. The molecule has 2 heterocycles. The van der Waals surface area contributed by atoms with Crippen LogP contribution in [0.5, 0.6) is 0 Å². The number of nitrogens with one attached hydrogen (secondary N) is 1. The summed E-state index contributed by atoms with van der Waals surface area (Å²) in [7, 11) is 1.89. The Morgan fingerprint density at radius 3 is 2.88 bits per heavy atom. The molecule has 0 aliphatic carbocycles. The molecular weight excluding hydrogens is 226 g/mol. The second-order valence-electron chi connectivity index (χ2n) is 3.57. The number of hydrogen-bond acceptors (Lipinski definition) is 4. The van der Waals surface area contributed by atoms with E-state index in [0.29, 0.717) is 17.1 Å². The van der Waals surface area contributed by atoms with Gasteiger partial charge in [-0.2, -0.15) is 10.2 Å². The van der Waals surface area contributed by atoms with E-state index in [0.717, 1.165) is 11.3 Å². The van der Waals surface area contributed by atoms with Crippen LogP contribution in [0.3, 0.4) is 0 Å². The Morgan fingerprint density at radius 2 is 2.31 bits per heavy atom. The van der Waals surface area contributed by atoms with E-state index in [4.69, 9.17) is 17.3 Å². The summed E-state index contributed by atoms with van der Waals surface area (Å²) in [6.07, 6.45) is 1.80. The van der Waals surface area contributed by atoms with Gasteiger partial charge in [0.15, 0.2) is 10.6 Å². The van der Waals surface area contributed by atoms with Crippen LogP contribution in [0.25, 0.3) is 0 Å². The molecule has 6 nitrogen and oxygen atoms in total. The Hall–Kier alpha value is -1.47. The summed E-state index contributed by atoms with van der Waals surface area (Å²) in [5.41, 5.74) is 2.14. The van der Waals surface area contributed by atoms with Gasteiger partial charge in [-0.25, -0.2) is 0 Å². The number of hydrogen-bond donors (Lipinski definition) is 2. The highest BCUT2D eigenvalue weighted by molar-refractivity contribution is 7.71. The molecule has 0 saturated heterocycles. The molecule has 16 heavy (non-hydrogen) atoms. The molecule has 0 unspecified atom stereocenters. The molecule has 86 valence electrons. The number of aryl methyl sites for hydroxylation is 1. The zero-order valence-electron chi connectivity index (χ0n) is 9.14. The minimum atomic E-state index is -0.132. The number of aliphatic hydroxyl groups is 1. The Balaban J connectivity index is 2.37. The van der Waals surface area contributed by atoms with Gasteiger partial charge in [-0.15, -0.1) is 0 Å². The molecule has 0 radical (unpaired) electrons. The van der Waals surface area contributed by atoms with Crippen molar-refractivity contribution in [3.05, 3.63) is 28.0 Å². The Kier molecular flexibility index (Phi) is 2.88. The predicted octanol–water partition coefficient (Wildman–Crippen LogP) is 0.523. The second-order valence-corrected chi connectivity index (χ2v) is 3.95. The van der Waals surface area contributed by atoms with Gasteiger partial charge < -0.3 is 5.11 Å². The van der Waals surface area contributed by atoms with Gasteiger partial charge >= 0.3 is 0 Å². The smallest absolute Gasteiger partial charge is 0.195 e. The summed E-state index contributed by atoms with van der Waals surface area (Å²) >= 11 is 5.09. The minimum absolute atomic E-state index is 0.132. The van der Waals surface area contributed by atoms with Crippen LogP contribution < -0.4 is 0 Å². The number of H-pyrrole nitrogens is 1. The first kappa shape index (κ1) is 11.0. The van der Waals surface area contributed by atoms with Crippen molar-refractivity contribution in [1.82, 2.24) is 24.5 Å². The van der Waals surface area contributed by atoms with E-state index in [2.05, 4.69) is 15.3 Å². The molecule has 2 aromatic heterocycles. The predicted molar refractivity (Wildman–Crippen MR) is 60.4 cm³/mol. The zero-order valence-corrected chi connectivity index (χ0v) is 9.95. The third-order valence-electron chi connectivity index (χ3n) is 2.64. The third-order valence-corrected chi connectivity index (χ3v) is 2.96. The van der Waals surface area contributed by atoms with Crippen molar-refractivity contribution in [3.8, 4) is 0 Å². The highest BCUT2D eigenvalue weighted by Crippen LogP contribution is 2.09. The highest BCUT2D eigenvalue weighted by Gasteiger charge is 2.09. The van der Waals surface area contributed by atoms with Gasteiger partial charge in [0.2, 0.25) is 0 Å². The van der Waals surface area contributed by atoms with Crippen LogP contribution in [0.1, 0.15) is 17.1 Å². The van der Waals surface area contributed by atoms with Gasteiger partial charge in [0.05, 0.1) is 12.7 Å². The van der Waals surface area contributed by atoms with Crippen LogP contribution in [-0.2, 0) is 20.2 Å². The average molecular weight is 239 g/mol. The highest BCUT2D eigenvalue weighted by atomic mass is 32.1. The van der Waals surface area contributed by atoms with Gasteiger partial charge in [0.25, 0.3) is 0 Å². The topological polar surface area (TPSA) is 71.7 Å². The van der Waals surface area contributed by atoms with Crippen LogP contribution in [-0.4, -0.2) is 29.7 Å². The van der Waals surface area contributed by atoms with E-state index >= 15 is 0 Å². The molecule has 2 aromatic rings. The van der Waals surface area contributed by atoms with E-state index in [1.165, 1.54) is 0 Å². The average Bonchev–Trinajstić information content (AvgIpc) is 2.77. The van der Waals surface area contributed by atoms with Gasteiger partial charge in [0, 0.05) is 18.3 Å². The fraction of sp³-hybridized carbons (Fsp3) is 0.444. The first-order chi connectivity index (χ1) is 7.63.